The summed E-state index contributed by atoms with van der Waals surface area (Å²) in [4.78, 5) is 19.3. The van der Waals surface area contributed by atoms with Crippen LogP contribution >= 0.6 is 11.3 Å². The first-order valence-electron chi connectivity index (χ1n) is 8.11. The van der Waals surface area contributed by atoms with Gasteiger partial charge in [-0.25, -0.2) is 4.98 Å². The number of amides is 1. The number of aromatic nitrogens is 3. The van der Waals surface area contributed by atoms with Gasteiger partial charge < -0.3 is 4.90 Å². The Morgan fingerprint density at radius 2 is 2.12 bits per heavy atom. The lowest BCUT2D eigenvalue weighted by molar-refractivity contribution is 0.0701. The highest BCUT2D eigenvalue weighted by molar-refractivity contribution is 7.13. The first-order chi connectivity index (χ1) is 11.8. The average molecular weight is 338 g/mol. The van der Waals surface area contributed by atoms with Gasteiger partial charge in [0.15, 0.2) is 0 Å². The minimum Gasteiger partial charge on any atom is -0.337 e. The Kier molecular flexibility index (Phi) is 4.13. The zero-order chi connectivity index (χ0) is 16.4. The van der Waals surface area contributed by atoms with Crippen molar-refractivity contribution in [3.63, 3.8) is 0 Å². The summed E-state index contributed by atoms with van der Waals surface area (Å²) < 4.78 is 0. The standard InChI is InChI=1S/C18H18N4OS/c23-18(16-12-24-17(20-16)13-5-2-1-3-6-13)22-10-4-7-14(11-22)15-8-9-19-21-15/h1-3,5-6,8-9,12,14H,4,7,10-11H2,(H,19,21). The van der Waals surface area contributed by atoms with Crippen molar-refractivity contribution in [3.05, 3.63) is 59.4 Å². The van der Waals surface area contributed by atoms with Gasteiger partial charge in [-0.15, -0.1) is 11.3 Å². The number of piperidine rings is 1. The van der Waals surface area contributed by atoms with Crippen LogP contribution in [0.1, 0.15) is 34.9 Å². The maximum absolute atomic E-state index is 12.8. The third-order valence-corrected chi connectivity index (χ3v) is 5.31. The number of hydrogen-bond donors (Lipinski definition) is 1. The molecule has 1 aliphatic rings. The number of rotatable bonds is 3. The number of nitrogens with zero attached hydrogens (tertiary/aromatic N) is 3. The summed E-state index contributed by atoms with van der Waals surface area (Å²) in [5.74, 6) is 0.357. The molecule has 3 heterocycles. The van der Waals surface area contributed by atoms with Crippen LogP contribution < -0.4 is 0 Å². The maximum atomic E-state index is 12.8. The van der Waals surface area contributed by atoms with Crippen LogP contribution in [0, 0.1) is 0 Å². The molecule has 24 heavy (non-hydrogen) atoms. The Morgan fingerprint density at radius 3 is 2.92 bits per heavy atom. The molecule has 0 bridgehead atoms. The van der Waals surface area contributed by atoms with E-state index in [1.165, 1.54) is 11.3 Å². The van der Waals surface area contributed by atoms with Gasteiger partial charge in [-0.3, -0.25) is 9.89 Å². The molecule has 1 atom stereocenters. The van der Waals surface area contributed by atoms with E-state index < -0.39 is 0 Å². The second kappa shape index (κ2) is 6.57. The molecule has 1 fully saturated rings. The zero-order valence-corrected chi connectivity index (χ0v) is 14.0. The molecule has 0 spiro atoms. The molecule has 1 amide bonds. The van der Waals surface area contributed by atoms with Crippen LogP contribution in [0.3, 0.4) is 0 Å². The van der Waals surface area contributed by atoms with E-state index in [4.69, 9.17) is 0 Å². The second-order valence-corrected chi connectivity index (χ2v) is 6.86. The molecular formula is C18H18N4OS. The van der Waals surface area contributed by atoms with Gasteiger partial charge in [-0.05, 0) is 18.9 Å². The quantitative estimate of drug-likeness (QED) is 0.794. The number of carbonyl (C=O) groups excluding carboxylic acids is 1. The van der Waals surface area contributed by atoms with E-state index in [2.05, 4.69) is 15.2 Å². The Morgan fingerprint density at radius 1 is 1.25 bits per heavy atom. The van der Waals surface area contributed by atoms with Crippen molar-refractivity contribution >= 4 is 17.2 Å². The summed E-state index contributed by atoms with van der Waals surface area (Å²) in [6, 6.07) is 12.0. The molecule has 1 aromatic carbocycles. The molecule has 4 rings (SSSR count). The normalized spacial score (nSPS) is 17.8. The van der Waals surface area contributed by atoms with Gasteiger partial charge in [-0.1, -0.05) is 30.3 Å². The molecule has 0 aliphatic carbocycles. The molecule has 1 saturated heterocycles. The van der Waals surface area contributed by atoms with E-state index in [-0.39, 0.29) is 5.91 Å². The predicted octanol–water partition coefficient (Wildman–Crippen LogP) is 3.55. The lowest BCUT2D eigenvalue weighted by Crippen LogP contribution is -2.39. The van der Waals surface area contributed by atoms with Gasteiger partial charge in [0.2, 0.25) is 0 Å². The van der Waals surface area contributed by atoms with Crippen LogP contribution in [0.4, 0.5) is 0 Å². The first kappa shape index (κ1) is 15.1. The van der Waals surface area contributed by atoms with Gasteiger partial charge in [0, 0.05) is 41.8 Å². The van der Waals surface area contributed by atoms with Gasteiger partial charge >= 0.3 is 0 Å². The minimum absolute atomic E-state index is 0.0256. The fourth-order valence-electron chi connectivity index (χ4n) is 3.16. The molecule has 1 unspecified atom stereocenters. The molecule has 5 nitrogen and oxygen atoms in total. The monoisotopic (exact) mass is 338 g/mol. The highest BCUT2D eigenvalue weighted by atomic mass is 32.1. The van der Waals surface area contributed by atoms with E-state index in [0.29, 0.717) is 11.6 Å². The van der Waals surface area contributed by atoms with Crippen LogP contribution in [-0.2, 0) is 0 Å². The van der Waals surface area contributed by atoms with Crippen molar-refractivity contribution in [2.24, 2.45) is 0 Å². The molecule has 1 aliphatic heterocycles. The lowest BCUT2D eigenvalue weighted by Gasteiger charge is -2.31. The topological polar surface area (TPSA) is 61.9 Å². The largest absolute Gasteiger partial charge is 0.337 e. The first-order valence-corrected chi connectivity index (χ1v) is 8.99. The SMILES string of the molecule is O=C(c1csc(-c2ccccc2)n1)N1CCCC(c2ccn[nH]2)C1. The summed E-state index contributed by atoms with van der Waals surface area (Å²) in [5, 5.41) is 9.81. The third-order valence-electron chi connectivity index (χ3n) is 4.41. The van der Waals surface area contributed by atoms with E-state index in [1.54, 1.807) is 6.20 Å². The fraction of sp³-hybridized carbons (Fsp3) is 0.278. The number of likely N-dealkylation sites (tertiary alicyclic amines) is 1. The Hall–Kier alpha value is -2.47. The Labute approximate surface area is 144 Å². The number of benzene rings is 1. The number of carbonyl (C=O) groups is 1. The molecular weight excluding hydrogens is 320 g/mol. The number of thiazole rings is 1. The highest BCUT2D eigenvalue weighted by Gasteiger charge is 2.27. The number of hydrogen-bond acceptors (Lipinski definition) is 4. The summed E-state index contributed by atoms with van der Waals surface area (Å²) in [7, 11) is 0. The second-order valence-electron chi connectivity index (χ2n) is 6.01. The lowest BCUT2D eigenvalue weighted by atomic mass is 9.95. The van der Waals surface area contributed by atoms with Gasteiger partial charge in [0.05, 0.1) is 0 Å². The summed E-state index contributed by atoms with van der Waals surface area (Å²) >= 11 is 1.52. The molecule has 1 N–H and O–H groups in total. The van der Waals surface area contributed by atoms with Crippen molar-refractivity contribution in [1.82, 2.24) is 20.1 Å². The Bertz CT molecular complexity index is 813. The number of nitrogens with one attached hydrogen (secondary N) is 1. The molecule has 122 valence electrons. The van der Waals surface area contributed by atoms with Crippen LogP contribution in [-0.4, -0.2) is 39.1 Å². The van der Waals surface area contributed by atoms with Gasteiger partial charge in [0.1, 0.15) is 10.7 Å². The van der Waals surface area contributed by atoms with Crippen LogP contribution in [0.5, 0.6) is 0 Å². The highest BCUT2D eigenvalue weighted by Crippen LogP contribution is 2.28. The van der Waals surface area contributed by atoms with Crippen molar-refractivity contribution < 1.29 is 4.79 Å². The van der Waals surface area contributed by atoms with Crippen molar-refractivity contribution in [2.45, 2.75) is 18.8 Å². The molecule has 0 radical (unpaired) electrons. The third kappa shape index (κ3) is 2.97. The zero-order valence-electron chi connectivity index (χ0n) is 13.2. The van der Waals surface area contributed by atoms with E-state index >= 15 is 0 Å². The number of aromatic amines is 1. The van der Waals surface area contributed by atoms with Crippen molar-refractivity contribution in [1.29, 1.82) is 0 Å². The van der Waals surface area contributed by atoms with Crippen molar-refractivity contribution in [2.75, 3.05) is 13.1 Å². The average Bonchev–Trinajstić information content (AvgIpc) is 3.34. The summed E-state index contributed by atoms with van der Waals surface area (Å²) in [6.07, 6.45) is 3.85. The van der Waals surface area contributed by atoms with Gasteiger partial charge in [0.25, 0.3) is 5.91 Å². The summed E-state index contributed by atoms with van der Waals surface area (Å²) in [5.41, 5.74) is 2.70. The molecule has 0 saturated carbocycles. The predicted molar refractivity (Wildman–Crippen MR) is 94.0 cm³/mol. The summed E-state index contributed by atoms with van der Waals surface area (Å²) in [6.45, 7) is 1.51. The smallest absolute Gasteiger partial charge is 0.273 e. The van der Waals surface area contributed by atoms with E-state index in [1.807, 2.05) is 46.7 Å². The van der Waals surface area contributed by atoms with Crippen molar-refractivity contribution in [3.8, 4) is 10.6 Å². The fourth-order valence-corrected chi connectivity index (χ4v) is 3.96. The number of H-pyrrole nitrogens is 1. The van der Waals surface area contributed by atoms with Crippen LogP contribution in [0.2, 0.25) is 0 Å². The van der Waals surface area contributed by atoms with Crippen LogP contribution in [0.15, 0.2) is 48.0 Å². The van der Waals surface area contributed by atoms with Crippen LogP contribution in [0.25, 0.3) is 10.6 Å². The molecule has 6 heteroatoms. The van der Waals surface area contributed by atoms with Gasteiger partial charge in [-0.2, -0.15) is 5.10 Å². The maximum Gasteiger partial charge on any atom is 0.273 e. The van der Waals surface area contributed by atoms with E-state index in [9.17, 15) is 4.79 Å². The minimum atomic E-state index is 0.0256. The van der Waals surface area contributed by atoms with E-state index in [0.717, 1.165) is 42.2 Å². The Balaban J connectivity index is 1.50. The molecule has 2 aromatic heterocycles. The molecule has 3 aromatic rings.